The van der Waals surface area contributed by atoms with Gasteiger partial charge in [-0.1, -0.05) is 12.1 Å². The molecule has 0 saturated carbocycles. The van der Waals surface area contributed by atoms with E-state index in [1.807, 2.05) is 31.2 Å². The molecule has 13 heteroatoms. The van der Waals surface area contributed by atoms with Gasteiger partial charge in [0.05, 0.1) is 43.7 Å². The molecule has 4 heterocycles. The van der Waals surface area contributed by atoms with Crippen LogP contribution in [0.2, 0.25) is 0 Å². The number of para-hydroxylation sites is 2. The smallest absolute Gasteiger partial charge is 0.251 e. The number of nitrogen functional groups attached to an aromatic ring is 1. The summed E-state index contributed by atoms with van der Waals surface area (Å²) in [6.45, 7) is 2.31. The molecule has 1 aromatic heterocycles. The van der Waals surface area contributed by atoms with Crippen molar-refractivity contribution in [1.82, 2.24) is 15.5 Å². The minimum Gasteiger partial charge on any atom is -0.453 e. The number of nitrogens with zero attached hydrogens (tertiary/aromatic N) is 1. The molecule has 0 unspecified atom stereocenters. The SMILES string of the molecule is C[C@@H](NC(=O)[C@@H]1CC2(CN1C(=O)CNC(=O)c1ccc3c(c1)Oc1ccccc1N3)OCCO2)c1cc(C(=N)N)cs1. The van der Waals surface area contributed by atoms with Crippen LogP contribution in [0.25, 0.3) is 0 Å². The Morgan fingerprint density at radius 3 is 2.64 bits per heavy atom. The second-order valence-electron chi connectivity index (χ2n) is 10.3. The number of amides is 3. The lowest BCUT2D eigenvalue weighted by molar-refractivity contribution is -0.152. The lowest BCUT2D eigenvalue weighted by Crippen LogP contribution is -2.49. The second-order valence-corrected chi connectivity index (χ2v) is 11.3. The van der Waals surface area contributed by atoms with Crippen molar-refractivity contribution in [3.63, 3.8) is 0 Å². The molecule has 42 heavy (non-hydrogen) atoms. The summed E-state index contributed by atoms with van der Waals surface area (Å²) < 4.78 is 17.6. The number of thiophene rings is 1. The zero-order valence-corrected chi connectivity index (χ0v) is 23.6. The molecule has 1 spiro atoms. The summed E-state index contributed by atoms with van der Waals surface area (Å²) in [4.78, 5) is 42.0. The number of rotatable bonds is 7. The average Bonchev–Trinajstić information content (AvgIpc) is 3.75. The number of likely N-dealkylation sites (tertiary alicyclic amines) is 1. The predicted octanol–water partition coefficient (Wildman–Crippen LogP) is 2.83. The van der Waals surface area contributed by atoms with E-state index >= 15 is 0 Å². The Bertz CT molecular complexity index is 1570. The molecule has 3 aliphatic rings. The van der Waals surface area contributed by atoms with Gasteiger partial charge in [-0.2, -0.15) is 0 Å². The van der Waals surface area contributed by atoms with Crippen LogP contribution in [-0.4, -0.2) is 66.6 Å². The van der Waals surface area contributed by atoms with Crippen LogP contribution >= 0.6 is 11.3 Å². The van der Waals surface area contributed by atoms with Gasteiger partial charge >= 0.3 is 0 Å². The molecule has 2 saturated heterocycles. The number of nitrogens with one attached hydrogen (secondary N) is 4. The van der Waals surface area contributed by atoms with Crippen molar-refractivity contribution in [1.29, 1.82) is 5.41 Å². The monoisotopic (exact) mass is 590 g/mol. The van der Waals surface area contributed by atoms with Crippen molar-refractivity contribution < 1.29 is 28.6 Å². The van der Waals surface area contributed by atoms with Gasteiger partial charge in [0.25, 0.3) is 5.91 Å². The highest BCUT2D eigenvalue weighted by Gasteiger charge is 2.52. The first-order chi connectivity index (χ1) is 20.2. The summed E-state index contributed by atoms with van der Waals surface area (Å²) in [7, 11) is 0. The van der Waals surface area contributed by atoms with E-state index in [9.17, 15) is 14.4 Å². The first-order valence-electron chi connectivity index (χ1n) is 13.5. The topological polar surface area (TPSA) is 168 Å². The molecule has 3 amide bonds. The number of anilines is 2. The standard InChI is InChI=1S/C29H30N6O6S/c1-16(24-11-18(14-42-24)26(30)31)33-28(38)21-12-29(39-8-9-40-29)15-35(21)25(36)13-32-27(37)17-6-7-20-23(10-17)41-22-5-3-2-4-19(22)34-20/h2-7,10-11,14,16,21,34H,8-9,12-13,15H2,1H3,(H3,30,31)(H,32,37)(H,33,38)/t16-,21+/m1/s1. The quantitative estimate of drug-likeness (QED) is 0.162. The van der Waals surface area contributed by atoms with Gasteiger partial charge in [-0.15, -0.1) is 11.3 Å². The molecule has 2 aromatic carbocycles. The number of ether oxygens (including phenoxy) is 3. The fraction of sp³-hybridized carbons (Fsp3) is 0.310. The van der Waals surface area contributed by atoms with Gasteiger partial charge in [-0.05, 0) is 43.3 Å². The largest absolute Gasteiger partial charge is 0.453 e. The summed E-state index contributed by atoms with van der Waals surface area (Å²) in [5.74, 6) is -1.22. The minimum atomic E-state index is -1.06. The Morgan fingerprint density at radius 2 is 1.88 bits per heavy atom. The summed E-state index contributed by atoms with van der Waals surface area (Å²) in [5, 5.41) is 18.3. The van der Waals surface area contributed by atoms with Gasteiger partial charge in [0.2, 0.25) is 11.8 Å². The zero-order chi connectivity index (χ0) is 29.4. The Hall–Kier alpha value is -4.46. The van der Waals surface area contributed by atoms with Crippen molar-refractivity contribution in [2.75, 3.05) is 31.6 Å². The summed E-state index contributed by atoms with van der Waals surface area (Å²) in [6, 6.07) is 13.0. The van der Waals surface area contributed by atoms with Crippen LogP contribution in [-0.2, 0) is 19.1 Å². The van der Waals surface area contributed by atoms with Crippen LogP contribution in [0, 0.1) is 5.41 Å². The summed E-state index contributed by atoms with van der Waals surface area (Å²) in [5.41, 5.74) is 8.04. The minimum absolute atomic E-state index is 0.0481. The summed E-state index contributed by atoms with van der Waals surface area (Å²) >= 11 is 1.39. The number of amidine groups is 1. The van der Waals surface area contributed by atoms with Crippen LogP contribution in [0.5, 0.6) is 11.5 Å². The highest BCUT2D eigenvalue weighted by molar-refractivity contribution is 7.10. The molecule has 218 valence electrons. The van der Waals surface area contributed by atoms with Gasteiger partial charge in [-0.3, -0.25) is 19.8 Å². The number of fused-ring (bicyclic) bond motifs is 2. The molecule has 3 aromatic rings. The maximum absolute atomic E-state index is 13.4. The molecule has 0 radical (unpaired) electrons. The second kappa shape index (κ2) is 11.1. The fourth-order valence-corrected chi connectivity index (χ4v) is 6.19. The van der Waals surface area contributed by atoms with E-state index < -0.39 is 23.6 Å². The number of hydrogen-bond donors (Lipinski definition) is 5. The zero-order valence-electron chi connectivity index (χ0n) is 22.8. The highest BCUT2D eigenvalue weighted by Crippen LogP contribution is 2.42. The predicted molar refractivity (Wildman–Crippen MR) is 155 cm³/mol. The Kier molecular flexibility index (Phi) is 7.31. The lowest BCUT2D eigenvalue weighted by atomic mass is 10.1. The number of hydrogen-bond acceptors (Lipinski definition) is 9. The lowest BCUT2D eigenvalue weighted by Gasteiger charge is -2.25. The Labute approximate surface area is 245 Å². The van der Waals surface area contributed by atoms with Crippen molar-refractivity contribution in [2.24, 2.45) is 5.73 Å². The van der Waals surface area contributed by atoms with E-state index in [1.165, 1.54) is 16.2 Å². The van der Waals surface area contributed by atoms with Crippen LogP contribution in [0.1, 0.15) is 40.2 Å². The summed E-state index contributed by atoms with van der Waals surface area (Å²) in [6.07, 6.45) is 0.172. The first kappa shape index (κ1) is 27.7. The maximum Gasteiger partial charge on any atom is 0.251 e. The van der Waals surface area contributed by atoms with Crippen LogP contribution < -0.4 is 26.4 Å². The van der Waals surface area contributed by atoms with E-state index in [0.29, 0.717) is 35.8 Å². The number of carbonyl (C=O) groups is 3. The molecule has 0 bridgehead atoms. The van der Waals surface area contributed by atoms with E-state index in [1.54, 1.807) is 29.6 Å². The van der Waals surface area contributed by atoms with Crippen molar-refractivity contribution in [2.45, 2.75) is 31.2 Å². The van der Waals surface area contributed by atoms with Gasteiger partial charge in [0.1, 0.15) is 11.9 Å². The third kappa shape index (κ3) is 5.41. The Morgan fingerprint density at radius 1 is 1.12 bits per heavy atom. The van der Waals surface area contributed by atoms with Gasteiger partial charge < -0.3 is 40.8 Å². The molecule has 6 rings (SSSR count). The Balaban J connectivity index is 1.11. The molecule has 2 fully saturated rings. The third-order valence-corrected chi connectivity index (χ3v) is 8.58. The van der Waals surface area contributed by atoms with E-state index in [0.717, 1.165) is 16.3 Å². The van der Waals surface area contributed by atoms with Crippen LogP contribution in [0.3, 0.4) is 0 Å². The molecule has 2 atom stereocenters. The normalized spacial score (nSPS) is 18.8. The molecule has 3 aliphatic heterocycles. The average molecular weight is 591 g/mol. The molecule has 0 aliphatic carbocycles. The van der Waals surface area contributed by atoms with Gasteiger partial charge in [0.15, 0.2) is 17.3 Å². The first-order valence-corrected chi connectivity index (χ1v) is 14.4. The number of benzene rings is 2. The number of carbonyl (C=O) groups excluding carboxylic acids is 3. The molecular formula is C29H30N6O6S. The van der Waals surface area contributed by atoms with Crippen molar-refractivity contribution in [3.8, 4) is 11.5 Å². The molecule has 12 nitrogen and oxygen atoms in total. The van der Waals surface area contributed by atoms with E-state index in [2.05, 4.69) is 16.0 Å². The molecular weight excluding hydrogens is 560 g/mol. The highest BCUT2D eigenvalue weighted by atomic mass is 32.1. The maximum atomic E-state index is 13.4. The van der Waals surface area contributed by atoms with Crippen LogP contribution in [0.15, 0.2) is 53.9 Å². The van der Waals surface area contributed by atoms with E-state index in [-0.39, 0.29) is 37.3 Å². The fourth-order valence-electron chi connectivity index (χ4n) is 5.28. The molecule has 6 N–H and O–H groups in total. The van der Waals surface area contributed by atoms with E-state index in [4.69, 9.17) is 25.4 Å². The number of nitrogens with two attached hydrogens (primary N) is 1. The van der Waals surface area contributed by atoms with Crippen molar-refractivity contribution >= 4 is 46.3 Å². The van der Waals surface area contributed by atoms with Crippen LogP contribution in [0.4, 0.5) is 11.4 Å². The van der Waals surface area contributed by atoms with Gasteiger partial charge in [-0.25, -0.2) is 0 Å². The van der Waals surface area contributed by atoms with Gasteiger partial charge in [0, 0.05) is 27.8 Å². The van der Waals surface area contributed by atoms with Crippen molar-refractivity contribution in [3.05, 3.63) is 69.9 Å². The third-order valence-electron chi connectivity index (χ3n) is 7.46.